The van der Waals surface area contributed by atoms with E-state index in [1.165, 1.54) is 24.0 Å². The highest BCUT2D eigenvalue weighted by molar-refractivity contribution is 7.90. The van der Waals surface area contributed by atoms with Gasteiger partial charge in [-0.15, -0.1) is 0 Å². The van der Waals surface area contributed by atoms with Crippen LogP contribution in [0.15, 0.2) is 36.4 Å². The fourth-order valence-corrected chi connectivity index (χ4v) is 8.56. The maximum atomic E-state index is 13.2. The van der Waals surface area contributed by atoms with Crippen molar-refractivity contribution in [1.29, 1.82) is 0 Å². The van der Waals surface area contributed by atoms with Gasteiger partial charge < -0.3 is 14.8 Å². The molecule has 0 radical (unpaired) electrons. The average molecular weight is 617 g/mol. The number of rotatable bonds is 10. The number of ether oxygens (including phenoxy) is 2. The van der Waals surface area contributed by atoms with E-state index in [0.717, 1.165) is 43.5 Å². The molecule has 6 atom stereocenters. The fourth-order valence-electron chi connectivity index (χ4n) is 7.05. The zero-order chi connectivity index (χ0) is 30.1. The zero-order valence-electron chi connectivity index (χ0n) is 25.2. The molecule has 0 saturated heterocycles. The second-order valence-electron chi connectivity index (χ2n) is 12.9. The Hall–Kier alpha value is -2.29. The molecular weight excluding hydrogens is 572 g/mol. The Morgan fingerprint density at radius 2 is 2.00 bits per heavy atom. The van der Waals surface area contributed by atoms with Gasteiger partial charge in [0.15, 0.2) is 0 Å². The lowest BCUT2D eigenvalue weighted by Crippen LogP contribution is -2.41. The molecule has 1 amide bonds. The average Bonchev–Trinajstić information content (AvgIpc) is 3.14. The van der Waals surface area contributed by atoms with Crippen LogP contribution in [0.4, 0.5) is 5.69 Å². The molecule has 0 bridgehead atoms. The molecule has 1 fully saturated rings. The van der Waals surface area contributed by atoms with Gasteiger partial charge in [-0.3, -0.25) is 4.79 Å². The van der Waals surface area contributed by atoms with Gasteiger partial charge in [-0.1, -0.05) is 37.9 Å². The van der Waals surface area contributed by atoms with Crippen LogP contribution in [0, 0.1) is 17.8 Å². The summed E-state index contributed by atoms with van der Waals surface area (Å²) in [6.45, 7) is 7.07. The van der Waals surface area contributed by atoms with Crippen LogP contribution in [-0.2, 0) is 26.6 Å². The van der Waals surface area contributed by atoms with E-state index in [0.29, 0.717) is 36.4 Å². The maximum Gasteiger partial charge on any atom is 0.264 e. The molecule has 3 aliphatic rings. The first-order valence-electron chi connectivity index (χ1n) is 15.4. The molecule has 7 nitrogen and oxygen atoms in total. The molecule has 0 unspecified atom stereocenters. The number of fused-ring (bicyclic) bond motifs is 3. The molecular formula is C33H45ClN2O5S. The first kappa shape index (κ1) is 31.1. The zero-order valence-corrected chi connectivity index (χ0v) is 26.8. The van der Waals surface area contributed by atoms with Crippen LogP contribution in [0.2, 0.25) is 5.02 Å². The van der Waals surface area contributed by atoms with E-state index in [9.17, 15) is 13.2 Å². The van der Waals surface area contributed by atoms with E-state index in [1.54, 1.807) is 32.2 Å². The minimum Gasteiger partial charge on any atom is -0.490 e. The quantitative estimate of drug-likeness (QED) is 0.307. The molecule has 9 heteroatoms. The Morgan fingerprint density at radius 1 is 1.19 bits per heavy atom. The SMILES string of the molecule is CO[C@@H](CCC[C@H](C)[C@@H](C)S(=O)(=O)NC(=O)c1ccc2c(c1)NC[C@@]1(CCCc3cc(Cl)ccc31)CO2)[C@@H]1CC[C@H]1C. The minimum atomic E-state index is -3.86. The van der Waals surface area contributed by atoms with Crippen molar-refractivity contribution in [2.24, 2.45) is 17.8 Å². The number of hydrogen-bond donors (Lipinski definition) is 2. The third kappa shape index (κ3) is 6.46. The van der Waals surface area contributed by atoms with Crippen molar-refractivity contribution in [2.45, 2.75) is 88.9 Å². The second-order valence-corrected chi connectivity index (χ2v) is 15.3. The van der Waals surface area contributed by atoms with E-state index in [1.807, 2.05) is 19.1 Å². The van der Waals surface area contributed by atoms with E-state index in [-0.39, 0.29) is 23.0 Å². The number of anilines is 1. The number of methoxy groups -OCH3 is 1. The molecule has 2 N–H and O–H groups in total. The largest absolute Gasteiger partial charge is 0.490 e. The number of hydrogen-bond acceptors (Lipinski definition) is 6. The molecule has 5 rings (SSSR count). The second kappa shape index (κ2) is 12.7. The smallest absolute Gasteiger partial charge is 0.264 e. The monoisotopic (exact) mass is 616 g/mol. The summed E-state index contributed by atoms with van der Waals surface area (Å²) < 4.78 is 40.7. The van der Waals surface area contributed by atoms with Crippen LogP contribution in [0.25, 0.3) is 0 Å². The summed E-state index contributed by atoms with van der Waals surface area (Å²) in [5, 5.41) is 3.54. The molecule has 1 spiro atoms. The maximum absolute atomic E-state index is 13.2. The van der Waals surface area contributed by atoms with Crippen LogP contribution < -0.4 is 14.8 Å². The molecule has 0 aromatic heterocycles. The lowest BCUT2D eigenvalue weighted by atomic mass is 9.70. The van der Waals surface area contributed by atoms with Gasteiger partial charge in [-0.25, -0.2) is 13.1 Å². The molecule has 2 aromatic rings. The normalized spacial score (nSPS) is 25.5. The standard InChI is InChI=1S/C33H45ClN2O5S/c1-21(7-5-9-30(40-4)27-13-10-22(27)2)23(3)42(38,39)36-32(37)25-11-15-31-29(18-25)35-19-33(20-41-31)16-6-8-24-17-26(34)12-14-28(24)33/h11-12,14-15,17-18,21-23,27,30,35H,5-10,13,16,19-20H2,1-4H3,(H,36,37)/t21-,22+,23+,27+,30-,33-/m0/s1. The summed E-state index contributed by atoms with van der Waals surface area (Å²) in [6, 6.07) is 11.1. The Morgan fingerprint density at radius 3 is 2.71 bits per heavy atom. The molecule has 42 heavy (non-hydrogen) atoms. The van der Waals surface area contributed by atoms with E-state index < -0.39 is 21.2 Å². The fraction of sp³-hybridized carbons (Fsp3) is 0.606. The van der Waals surface area contributed by atoms with Crippen molar-refractivity contribution >= 4 is 33.2 Å². The number of amides is 1. The Kier molecular flexibility index (Phi) is 9.45. The van der Waals surface area contributed by atoms with E-state index in [2.05, 4.69) is 23.0 Å². The van der Waals surface area contributed by atoms with Gasteiger partial charge in [-0.2, -0.15) is 0 Å². The molecule has 1 heterocycles. The van der Waals surface area contributed by atoms with Crippen LogP contribution in [0.3, 0.4) is 0 Å². The first-order chi connectivity index (χ1) is 20.0. The van der Waals surface area contributed by atoms with Gasteiger partial charge in [0.2, 0.25) is 10.0 Å². The van der Waals surface area contributed by atoms with Crippen molar-refractivity contribution in [1.82, 2.24) is 4.72 Å². The van der Waals surface area contributed by atoms with Gasteiger partial charge in [0.25, 0.3) is 5.91 Å². The highest BCUT2D eigenvalue weighted by Gasteiger charge is 2.39. The summed E-state index contributed by atoms with van der Waals surface area (Å²) in [6.07, 6.45) is 8.31. The summed E-state index contributed by atoms with van der Waals surface area (Å²) in [4.78, 5) is 13.1. The number of aryl methyl sites for hydroxylation is 1. The number of nitrogens with one attached hydrogen (secondary N) is 2. The van der Waals surface area contributed by atoms with Gasteiger partial charge in [-0.05, 0) is 111 Å². The van der Waals surface area contributed by atoms with Gasteiger partial charge in [0.05, 0.1) is 23.6 Å². The van der Waals surface area contributed by atoms with Crippen molar-refractivity contribution in [3.63, 3.8) is 0 Å². The highest BCUT2D eigenvalue weighted by Crippen LogP contribution is 2.42. The lowest BCUT2D eigenvalue weighted by molar-refractivity contribution is -0.0188. The van der Waals surface area contributed by atoms with Gasteiger partial charge in [0, 0.05) is 29.7 Å². The van der Waals surface area contributed by atoms with Gasteiger partial charge >= 0.3 is 0 Å². The molecule has 2 aliphatic carbocycles. The molecule has 1 saturated carbocycles. The predicted molar refractivity (Wildman–Crippen MR) is 168 cm³/mol. The van der Waals surface area contributed by atoms with Crippen LogP contribution in [0.5, 0.6) is 5.75 Å². The van der Waals surface area contributed by atoms with Crippen molar-refractivity contribution in [3.8, 4) is 5.75 Å². The van der Waals surface area contributed by atoms with E-state index in [4.69, 9.17) is 21.1 Å². The number of carbonyl (C=O) groups is 1. The predicted octanol–water partition coefficient (Wildman–Crippen LogP) is 6.73. The molecule has 230 valence electrons. The minimum absolute atomic E-state index is 0.0989. The summed E-state index contributed by atoms with van der Waals surface area (Å²) >= 11 is 6.27. The van der Waals surface area contributed by atoms with Crippen LogP contribution in [-0.4, -0.2) is 45.9 Å². The number of sulfonamides is 1. The lowest BCUT2D eigenvalue weighted by Gasteiger charge is -2.39. The number of halogens is 1. The van der Waals surface area contributed by atoms with E-state index >= 15 is 0 Å². The first-order valence-corrected chi connectivity index (χ1v) is 17.3. The van der Waals surface area contributed by atoms with Crippen molar-refractivity contribution in [3.05, 3.63) is 58.1 Å². The van der Waals surface area contributed by atoms with Crippen LogP contribution in [0.1, 0.15) is 87.2 Å². The van der Waals surface area contributed by atoms with Gasteiger partial charge in [0.1, 0.15) is 5.75 Å². The highest BCUT2D eigenvalue weighted by atomic mass is 35.5. The number of benzene rings is 2. The Balaban J connectivity index is 1.19. The third-order valence-corrected chi connectivity index (χ3v) is 12.4. The topological polar surface area (TPSA) is 93.7 Å². The third-order valence-electron chi connectivity index (χ3n) is 10.2. The summed E-state index contributed by atoms with van der Waals surface area (Å²) in [5.74, 6) is 1.22. The van der Waals surface area contributed by atoms with Crippen molar-refractivity contribution in [2.75, 3.05) is 25.6 Å². The number of carbonyl (C=O) groups excluding carboxylic acids is 1. The van der Waals surface area contributed by atoms with Crippen molar-refractivity contribution < 1.29 is 22.7 Å². The summed E-state index contributed by atoms with van der Waals surface area (Å²) in [5.41, 5.74) is 3.27. The van der Waals surface area contributed by atoms with Crippen LogP contribution >= 0.6 is 11.6 Å². The Bertz CT molecular complexity index is 1400. The summed E-state index contributed by atoms with van der Waals surface area (Å²) in [7, 11) is -2.09. The molecule has 2 aromatic carbocycles. The molecule has 1 aliphatic heterocycles. The Labute approximate surface area is 256 Å².